The van der Waals surface area contributed by atoms with E-state index in [0.29, 0.717) is 22.9 Å². The van der Waals surface area contributed by atoms with Crippen molar-refractivity contribution in [3.63, 3.8) is 0 Å². The second-order valence-electron chi connectivity index (χ2n) is 8.82. The van der Waals surface area contributed by atoms with Crippen LogP contribution in [-0.4, -0.2) is 30.2 Å². The van der Waals surface area contributed by atoms with E-state index >= 15 is 0 Å². The van der Waals surface area contributed by atoms with Crippen molar-refractivity contribution in [1.29, 1.82) is 0 Å². The number of carboxylic acid groups (broad SMARTS) is 1. The maximum Gasteiger partial charge on any atom is 0.335 e. The zero-order valence-electron chi connectivity index (χ0n) is 19.8. The molecule has 1 saturated carbocycles. The van der Waals surface area contributed by atoms with E-state index in [0.717, 1.165) is 16.3 Å². The fraction of sp³-hybridized carbons (Fsp3) is 0.192. The number of halogens is 2. The zero-order chi connectivity index (χ0) is 26.8. The van der Waals surface area contributed by atoms with E-state index in [-0.39, 0.29) is 30.5 Å². The normalized spacial score (nSPS) is 16.8. The monoisotopic (exact) mass is 537 g/mol. The molecule has 10 nitrogen and oxygen atoms in total. The summed E-state index contributed by atoms with van der Waals surface area (Å²) in [7, 11) is 0. The van der Waals surface area contributed by atoms with Crippen molar-refractivity contribution < 1.29 is 19.0 Å². The minimum Gasteiger partial charge on any atom is -0.481 e. The molecular weight excluding hydrogens is 517 g/mol. The number of nitrogens with one attached hydrogen (secondary N) is 1. The van der Waals surface area contributed by atoms with Crippen LogP contribution in [0.2, 0.25) is 5.02 Å². The Bertz CT molecular complexity index is 1660. The van der Waals surface area contributed by atoms with Crippen LogP contribution in [0.3, 0.4) is 0 Å². The molecule has 2 heterocycles. The first kappa shape index (κ1) is 25.2. The molecule has 38 heavy (non-hydrogen) atoms. The topological polar surface area (TPSA) is 132 Å². The Morgan fingerprint density at radius 1 is 1.11 bits per heavy atom. The molecule has 4 aromatic rings. The molecule has 1 aliphatic rings. The van der Waals surface area contributed by atoms with Gasteiger partial charge in [-0.3, -0.25) is 14.3 Å². The van der Waals surface area contributed by atoms with Crippen LogP contribution in [0.25, 0.3) is 0 Å². The Morgan fingerprint density at radius 2 is 1.84 bits per heavy atom. The van der Waals surface area contributed by atoms with Crippen molar-refractivity contribution in [2.45, 2.75) is 19.5 Å². The smallest absolute Gasteiger partial charge is 0.335 e. The number of aromatic amines is 1. The fourth-order valence-electron chi connectivity index (χ4n) is 3.96. The zero-order valence-corrected chi connectivity index (χ0v) is 20.5. The van der Waals surface area contributed by atoms with E-state index in [1.165, 1.54) is 16.7 Å². The Balaban J connectivity index is 1.49. The van der Waals surface area contributed by atoms with E-state index in [4.69, 9.17) is 16.3 Å². The summed E-state index contributed by atoms with van der Waals surface area (Å²) in [6.07, 6.45) is 1.45. The molecule has 2 aromatic heterocycles. The standard InChI is InChI=1S/C26H21ClFN5O5/c27-17-3-1-15(2-4-17)13-32-24(31-25(36)33(26(32)37)14-16-11-21(16)23(34)35)30-19-6-8-20(9-7-19)38-22-10-5-18(28)12-29-22/h1-10,12,16,21H,11,13-14H2,(H,34,35)(H,30,31,36)/t16-,21+/m0/s1. The van der Waals surface area contributed by atoms with E-state index < -0.39 is 29.1 Å². The highest BCUT2D eigenvalue weighted by Crippen LogP contribution is 2.39. The van der Waals surface area contributed by atoms with Gasteiger partial charge in [0.2, 0.25) is 11.5 Å². The van der Waals surface area contributed by atoms with Gasteiger partial charge in [0.15, 0.2) is 0 Å². The molecule has 12 heteroatoms. The minimum atomic E-state index is -0.942. The summed E-state index contributed by atoms with van der Waals surface area (Å²) in [5.74, 6) is -1.64. The van der Waals surface area contributed by atoms with Crippen molar-refractivity contribution in [2.24, 2.45) is 16.8 Å². The van der Waals surface area contributed by atoms with Gasteiger partial charge >= 0.3 is 17.3 Å². The lowest BCUT2D eigenvalue weighted by Gasteiger charge is -2.11. The lowest BCUT2D eigenvalue weighted by Crippen LogP contribution is -2.50. The van der Waals surface area contributed by atoms with Crippen LogP contribution in [0.1, 0.15) is 12.0 Å². The average molecular weight is 538 g/mol. The lowest BCUT2D eigenvalue weighted by atomic mass is 10.2. The third-order valence-corrected chi connectivity index (χ3v) is 6.34. The van der Waals surface area contributed by atoms with Crippen LogP contribution >= 0.6 is 11.6 Å². The van der Waals surface area contributed by atoms with E-state index in [9.17, 15) is 23.9 Å². The van der Waals surface area contributed by atoms with Crippen LogP contribution in [0, 0.1) is 17.7 Å². The molecule has 0 radical (unpaired) electrons. The Morgan fingerprint density at radius 3 is 2.47 bits per heavy atom. The second-order valence-corrected chi connectivity index (χ2v) is 9.26. The Hall–Kier alpha value is -4.51. The molecule has 1 aliphatic carbocycles. The number of aliphatic carboxylic acids is 1. The van der Waals surface area contributed by atoms with Gasteiger partial charge in [0.05, 0.1) is 24.3 Å². The first-order valence-corrected chi connectivity index (χ1v) is 12.0. The number of rotatable bonds is 8. The Kier molecular flexibility index (Phi) is 6.93. The molecule has 0 unspecified atom stereocenters. The van der Waals surface area contributed by atoms with Crippen LogP contribution in [0.4, 0.5) is 10.1 Å². The SMILES string of the molecule is O=C(O)[C@@H]1C[C@H]1Cn1c(=O)[nH]c(=Nc2ccc(Oc3ccc(F)cn3)cc2)n(Cc2ccc(Cl)cc2)c1=O. The number of ether oxygens (including phenoxy) is 1. The number of aromatic nitrogens is 4. The van der Waals surface area contributed by atoms with Gasteiger partial charge in [-0.05, 0) is 60.4 Å². The van der Waals surface area contributed by atoms with Crippen molar-refractivity contribution in [3.8, 4) is 11.6 Å². The minimum absolute atomic E-state index is 0.00448. The van der Waals surface area contributed by atoms with Gasteiger partial charge in [-0.25, -0.2) is 28.5 Å². The number of hydrogen-bond acceptors (Lipinski definition) is 6. The maximum absolute atomic E-state index is 13.4. The summed E-state index contributed by atoms with van der Waals surface area (Å²) >= 11 is 5.99. The fourth-order valence-corrected chi connectivity index (χ4v) is 4.08. The predicted octanol–water partition coefficient (Wildman–Crippen LogP) is 3.32. The predicted molar refractivity (Wildman–Crippen MR) is 135 cm³/mol. The highest BCUT2D eigenvalue weighted by atomic mass is 35.5. The van der Waals surface area contributed by atoms with Crippen LogP contribution < -0.4 is 21.7 Å². The van der Waals surface area contributed by atoms with Gasteiger partial charge in [-0.1, -0.05) is 23.7 Å². The van der Waals surface area contributed by atoms with Gasteiger partial charge < -0.3 is 9.84 Å². The van der Waals surface area contributed by atoms with Crippen molar-refractivity contribution in [3.05, 3.63) is 110 Å². The summed E-state index contributed by atoms with van der Waals surface area (Å²) in [5, 5.41) is 9.74. The lowest BCUT2D eigenvalue weighted by molar-refractivity contribution is -0.138. The number of pyridine rings is 1. The third-order valence-electron chi connectivity index (χ3n) is 6.09. The molecule has 2 N–H and O–H groups in total. The number of carboxylic acids is 1. The maximum atomic E-state index is 13.4. The molecule has 5 rings (SSSR count). The number of benzene rings is 2. The molecule has 2 atom stereocenters. The first-order valence-electron chi connectivity index (χ1n) is 11.6. The van der Waals surface area contributed by atoms with Crippen LogP contribution in [-0.2, 0) is 17.9 Å². The van der Waals surface area contributed by atoms with Crippen molar-refractivity contribution >= 4 is 23.3 Å². The number of hydrogen-bond donors (Lipinski definition) is 2. The number of carbonyl (C=O) groups is 1. The van der Waals surface area contributed by atoms with Crippen molar-refractivity contribution in [2.75, 3.05) is 0 Å². The molecule has 0 amide bonds. The second kappa shape index (κ2) is 10.5. The Labute approximate surface area is 219 Å². The van der Waals surface area contributed by atoms with E-state index in [2.05, 4.69) is 15.0 Å². The molecule has 0 saturated heterocycles. The molecule has 194 valence electrons. The summed E-state index contributed by atoms with van der Waals surface area (Å²) < 4.78 is 21.0. The van der Waals surface area contributed by atoms with Gasteiger partial charge in [-0.2, -0.15) is 0 Å². The van der Waals surface area contributed by atoms with Crippen LogP contribution in [0.5, 0.6) is 11.6 Å². The third kappa shape index (κ3) is 5.73. The molecule has 0 bridgehead atoms. The molecular formula is C26H21ClFN5O5. The van der Waals surface area contributed by atoms with Crippen LogP contribution in [0.15, 0.2) is 81.4 Å². The summed E-state index contributed by atoms with van der Waals surface area (Å²) in [6, 6.07) is 16.0. The molecule has 2 aromatic carbocycles. The van der Waals surface area contributed by atoms with Crippen molar-refractivity contribution in [1.82, 2.24) is 19.1 Å². The summed E-state index contributed by atoms with van der Waals surface area (Å²) in [6.45, 7) is 0.0888. The number of nitrogens with zero attached hydrogens (tertiary/aromatic N) is 4. The average Bonchev–Trinajstić information content (AvgIpc) is 3.68. The van der Waals surface area contributed by atoms with Gasteiger partial charge in [0.25, 0.3) is 0 Å². The largest absolute Gasteiger partial charge is 0.481 e. The first-order chi connectivity index (χ1) is 18.3. The summed E-state index contributed by atoms with van der Waals surface area (Å²) in [4.78, 5) is 48.5. The van der Waals surface area contributed by atoms with E-state index in [1.54, 1.807) is 48.5 Å². The van der Waals surface area contributed by atoms with Gasteiger partial charge in [-0.15, -0.1) is 0 Å². The van der Waals surface area contributed by atoms with Gasteiger partial charge in [0, 0.05) is 17.6 Å². The van der Waals surface area contributed by atoms with Gasteiger partial charge in [0.1, 0.15) is 11.6 Å². The van der Waals surface area contributed by atoms with E-state index in [1.807, 2.05) is 0 Å². The quantitative estimate of drug-likeness (QED) is 0.354. The molecule has 0 spiro atoms. The molecule has 0 aliphatic heterocycles. The number of H-pyrrole nitrogens is 1. The highest BCUT2D eigenvalue weighted by molar-refractivity contribution is 6.30. The summed E-state index contributed by atoms with van der Waals surface area (Å²) in [5.41, 5.74) is -0.0990. The highest BCUT2D eigenvalue weighted by Gasteiger charge is 2.43. The molecule has 1 fully saturated rings.